The molecule has 4 nitrogen and oxygen atoms in total. The Labute approximate surface area is 117 Å². The van der Waals surface area contributed by atoms with Crippen molar-refractivity contribution in [1.82, 2.24) is 0 Å². The molecular formula is C16H16N2O2. The van der Waals surface area contributed by atoms with Gasteiger partial charge >= 0.3 is 5.97 Å². The fourth-order valence-electron chi connectivity index (χ4n) is 3.23. The van der Waals surface area contributed by atoms with E-state index in [4.69, 9.17) is 10.4 Å². The average molecular weight is 268 g/mol. The summed E-state index contributed by atoms with van der Waals surface area (Å²) in [6.07, 6.45) is 5.83. The van der Waals surface area contributed by atoms with Crippen LogP contribution in [-0.4, -0.2) is 24.2 Å². The van der Waals surface area contributed by atoms with Gasteiger partial charge in [0.15, 0.2) is 0 Å². The van der Waals surface area contributed by atoms with Crippen LogP contribution in [0.25, 0.3) is 6.08 Å². The summed E-state index contributed by atoms with van der Waals surface area (Å²) in [6, 6.07) is 5.80. The van der Waals surface area contributed by atoms with Crippen molar-refractivity contribution < 1.29 is 9.90 Å². The summed E-state index contributed by atoms with van der Waals surface area (Å²) in [6.45, 7) is 2.16. The van der Waals surface area contributed by atoms with Crippen molar-refractivity contribution in [3.8, 4) is 6.07 Å². The maximum Gasteiger partial charge on any atom is 0.346 e. The minimum Gasteiger partial charge on any atom is -0.477 e. The molecule has 0 unspecified atom stereocenters. The zero-order valence-electron chi connectivity index (χ0n) is 11.2. The molecule has 0 aliphatic carbocycles. The van der Waals surface area contributed by atoms with Crippen LogP contribution in [0.5, 0.6) is 0 Å². The van der Waals surface area contributed by atoms with E-state index >= 15 is 0 Å². The zero-order valence-corrected chi connectivity index (χ0v) is 11.2. The normalized spacial score (nSPS) is 17.4. The van der Waals surface area contributed by atoms with Crippen molar-refractivity contribution in [2.24, 2.45) is 0 Å². The Hall–Kier alpha value is -2.28. The first-order chi connectivity index (χ1) is 9.70. The summed E-state index contributed by atoms with van der Waals surface area (Å²) in [5, 5.41) is 17.9. The Morgan fingerprint density at radius 3 is 2.75 bits per heavy atom. The Morgan fingerprint density at radius 1 is 1.30 bits per heavy atom. The SMILES string of the molecule is N#CC(=Cc1ccc2c3c1CCCN3CCC2)C(=O)O. The van der Waals surface area contributed by atoms with Gasteiger partial charge < -0.3 is 10.0 Å². The van der Waals surface area contributed by atoms with E-state index < -0.39 is 5.97 Å². The van der Waals surface area contributed by atoms with E-state index in [1.807, 2.05) is 6.07 Å². The van der Waals surface area contributed by atoms with Gasteiger partial charge in [-0.15, -0.1) is 0 Å². The quantitative estimate of drug-likeness (QED) is 0.660. The number of hydrogen-bond donors (Lipinski definition) is 1. The highest BCUT2D eigenvalue weighted by atomic mass is 16.4. The first-order valence-corrected chi connectivity index (χ1v) is 6.95. The van der Waals surface area contributed by atoms with E-state index in [1.165, 1.54) is 29.3 Å². The molecule has 0 spiro atoms. The van der Waals surface area contributed by atoms with Crippen LogP contribution in [0.1, 0.15) is 29.5 Å². The predicted octanol–water partition coefficient (Wildman–Crippen LogP) is 2.38. The molecule has 20 heavy (non-hydrogen) atoms. The number of aryl methyl sites for hydroxylation is 1. The van der Waals surface area contributed by atoms with Crippen LogP contribution < -0.4 is 4.90 Å². The lowest BCUT2D eigenvalue weighted by molar-refractivity contribution is -0.132. The molecule has 2 aliphatic heterocycles. The number of nitrogens with zero attached hydrogens (tertiary/aromatic N) is 2. The predicted molar refractivity (Wildman–Crippen MR) is 76.5 cm³/mol. The summed E-state index contributed by atoms with van der Waals surface area (Å²) >= 11 is 0. The number of carboxylic acids is 1. The van der Waals surface area contributed by atoms with Gasteiger partial charge in [0.05, 0.1) is 0 Å². The fraction of sp³-hybridized carbons (Fsp3) is 0.375. The van der Waals surface area contributed by atoms with E-state index in [1.54, 1.807) is 6.07 Å². The van der Waals surface area contributed by atoms with Crippen LogP contribution in [0, 0.1) is 11.3 Å². The smallest absolute Gasteiger partial charge is 0.346 e. The molecule has 0 aromatic heterocycles. The number of benzene rings is 1. The van der Waals surface area contributed by atoms with Crippen LogP contribution in [-0.2, 0) is 17.6 Å². The maximum atomic E-state index is 11.0. The molecule has 0 atom stereocenters. The number of hydrogen-bond acceptors (Lipinski definition) is 3. The Kier molecular flexibility index (Phi) is 3.19. The van der Waals surface area contributed by atoms with Crippen LogP contribution in [0.2, 0.25) is 0 Å². The molecule has 102 valence electrons. The highest BCUT2D eigenvalue weighted by molar-refractivity contribution is 5.97. The molecule has 0 bridgehead atoms. The molecular weight excluding hydrogens is 252 g/mol. The molecule has 1 aromatic rings. The van der Waals surface area contributed by atoms with E-state index in [0.29, 0.717) is 0 Å². The van der Waals surface area contributed by atoms with Gasteiger partial charge in [0, 0.05) is 18.8 Å². The summed E-state index contributed by atoms with van der Waals surface area (Å²) in [7, 11) is 0. The second-order valence-electron chi connectivity index (χ2n) is 5.31. The minimum atomic E-state index is -1.16. The first kappa shape index (κ1) is 12.7. The van der Waals surface area contributed by atoms with Gasteiger partial charge in [-0.25, -0.2) is 4.79 Å². The number of carbonyl (C=O) groups is 1. The largest absolute Gasteiger partial charge is 0.477 e. The van der Waals surface area contributed by atoms with E-state index in [2.05, 4.69) is 11.0 Å². The Balaban J connectivity index is 2.13. The molecule has 2 aliphatic rings. The second-order valence-corrected chi connectivity index (χ2v) is 5.31. The molecule has 0 amide bonds. The summed E-state index contributed by atoms with van der Waals surface area (Å²) in [4.78, 5) is 13.4. The molecule has 1 aromatic carbocycles. The molecule has 4 heteroatoms. The topological polar surface area (TPSA) is 64.3 Å². The highest BCUT2D eigenvalue weighted by Gasteiger charge is 2.25. The van der Waals surface area contributed by atoms with Crippen molar-refractivity contribution in [2.75, 3.05) is 18.0 Å². The number of aliphatic carboxylic acids is 1. The minimum absolute atomic E-state index is 0.200. The third kappa shape index (κ3) is 2.05. The maximum absolute atomic E-state index is 11.0. The molecule has 0 radical (unpaired) electrons. The first-order valence-electron chi connectivity index (χ1n) is 6.95. The Bertz CT molecular complexity index is 639. The fourth-order valence-corrected chi connectivity index (χ4v) is 3.23. The number of carboxylic acid groups (broad SMARTS) is 1. The summed E-state index contributed by atoms with van der Waals surface area (Å²) < 4.78 is 0. The van der Waals surface area contributed by atoms with Gasteiger partial charge in [0.25, 0.3) is 0 Å². The van der Waals surface area contributed by atoms with Crippen LogP contribution >= 0.6 is 0 Å². The van der Waals surface area contributed by atoms with Gasteiger partial charge in [0.2, 0.25) is 0 Å². The third-order valence-electron chi connectivity index (χ3n) is 4.10. The van der Waals surface area contributed by atoms with Gasteiger partial charge in [-0.3, -0.25) is 0 Å². The van der Waals surface area contributed by atoms with Crippen molar-refractivity contribution in [3.05, 3.63) is 34.4 Å². The van der Waals surface area contributed by atoms with Gasteiger partial charge in [-0.1, -0.05) is 12.1 Å². The number of rotatable bonds is 2. The van der Waals surface area contributed by atoms with Crippen molar-refractivity contribution in [3.63, 3.8) is 0 Å². The lowest BCUT2D eigenvalue weighted by Gasteiger charge is -2.37. The van der Waals surface area contributed by atoms with Crippen LogP contribution in [0.15, 0.2) is 17.7 Å². The lowest BCUT2D eigenvalue weighted by Crippen LogP contribution is -2.34. The van der Waals surface area contributed by atoms with E-state index in [0.717, 1.165) is 37.9 Å². The molecule has 0 fully saturated rings. The average Bonchev–Trinajstić information content (AvgIpc) is 2.47. The molecule has 0 saturated heterocycles. The highest BCUT2D eigenvalue weighted by Crippen LogP contribution is 2.37. The van der Waals surface area contributed by atoms with Crippen LogP contribution in [0.4, 0.5) is 5.69 Å². The number of anilines is 1. The standard InChI is InChI=1S/C16H16N2O2/c17-10-13(16(19)20)9-12-6-5-11-3-1-7-18-8-2-4-14(12)15(11)18/h5-6,9H,1-4,7-8H2,(H,19,20). The van der Waals surface area contributed by atoms with Crippen molar-refractivity contribution in [2.45, 2.75) is 25.7 Å². The van der Waals surface area contributed by atoms with E-state index in [9.17, 15) is 4.79 Å². The molecule has 1 N–H and O–H groups in total. The molecule has 2 heterocycles. The van der Waals surface area contributed by atoms with Crippen molar-refractivity contribution in [1.29, 1.82) is 5.26 Å². The lowest BCUT2D eigenvalue weighted by atomic mass is 9.88. The summed E-state index contributed by atoms with van der Waals surface area (Å²) in [5.41, 5.74) is 4.54. The third-order valence-corrected chi connectivity index (χ3v) is 4.10. The molecule has 0 saturated carbocycles. The van der Waals surface area contributed by atoms with Gasteiger partial charge in [-0.05, 0) is 48.4 Å². The zero-order chi connectivity index (χ0) is 14.1. The Morgan fingerprint density at radius 2 is 2.05 bits per heavy atom. The van der Waals surface area contributed by atoms with Gasteiger partial charge in [0.1, 0.15) is 11.6 Å². The monoisotopic (exact) mass is 268 g/mol. The van der Waals surface area contributed by atoms with E-state index in [-0.39, 0.29) is 5.57 Å². The number of nitriles is 1. The van der Waals surface area contributed by atoms with Gasteiger partial charge in [-0.2, -0.15) is 5.26 Å². The van der Waals surface area contributed by atoms with Crippen molar-refractivity contribution >= 4 is 17.7 Å². The molecule has 3 rings (SSSR count). The second kappa shape index (κ2) is 5.01. The van der Waals surface area contributed by atoms with Crippen LogP contribution in [0.3, 0.4) is 0 Å². The summed E-state index contributed by atoms with van der Waals surface area (Å²) in [5.74, 6) is -1.16.